The zero-order valence-corrected chi connectivity index (χ0v) is 12.9. The third-order valence-electron chi connectivity index (χ3n) is 3.57. The largest absolute Gasteiger partial charge is 0.339 e. The van der Waals surface area contributed by atoms with Crippen LogP contribution in [-0.2, 0) is 16.0 Å². The van der Waals surface area contributed by atoms with Crippen LogP contribution in [0.15, 0.2) is 24.3 Å². The molecule has 0 atom stereocenters. The van der Waals surface area contributed by atoms with Crippen molar-refractivity contribution >= 4 is 23.4 Å². The van der Waals surface area contributed by atoms with Crippen molar-refractivity contribution in [2.75, 3.05) is 39.8 Å². The van der Waals surface area contributed by atoms with Crippen LogP contribution in [0.5, 0.6) is 0 Å². The number of carbonyl (C=O) groups is 2. The van der Waals surface area contributed by atoms with Crippen LogP contribution in [0.25, 0.3) is 0 Å². The lowest BCUT2D eigenvalue weighted by atomic mass is 10.1. The Labute approximate surface area is 129 Å². The van der Waals surface area contributed by atoms with Gasteiger partial charge in [0.15, 0.2) is 0 Å². The van der Waals surface area contributed by atoms with Gasteiger partial charge in [0.05, 0.1) is 13.0 Å². The quantitative estimate of drug-likeness (QED) is 0.894. The van der Waals surface area contributed by atoms with E-state index in [1.54, 1.807) is 18.0 Å². The predicted molar refractivity (Wildman–Crippen MR) is 82.2 cm³/mol. The first-order chi connectivity index (χ1) is 10.1. The van der Waals surface area contributed by atoms with E-state index in [1.807, 2.05) is 18.2 Å². The molecule has 2 rings (SSSR count). The van der Waals surface area contributed by atoms with E-state index in [1.165, 1.54) is 4.90 Å². The van der Waals surface area contributed by atoms with Crippen LogP contribution in [0.3, 0.4) is 0 Å². The number of carbonyl (C=O) groups excluding carboxylic acids is 2. The third-order valence-corrected chi connectivity index (χ3v) is 3.94. The number of nitrogens with zero attached hydrogens (tertiary/aromatic N) is 2. The van der Waals surface area contributed by atoms with Gasteiger partial charge in [0.1, 0.15) is 0 Å². The fraction of sp³-hybridized carbons (Fsp3) is 0.467. The summed E-state index contributed by atoms with van der Waals surface area (Å²) in [5.41, 5.74) is 0.783. The number of hydrogen-bond acceptors (Lipinski definition) is 3. The zero-order chi connectivity index (χ0) is 15.2. The normalized spacial score (nSPS) is 14.9. The minimum atomic E-state index is -0.105. The molecule has 114 valence electrons. The molecule has 0 aromatic heterocycles. The molecule has 1 saturated heterocycles. The summed E-state index contributed by atoms with van der Waals surface area (Å²) >= 11 is 6.05. The van der Waals surface area contributed by atoms with Gasteiger partial charge in [0.2, 0.25) is 11.8 Å². The molecule has 1 heterocycles. The molecule has 1 N–H and O–H groups in total. The van der Waals surface area contributed by atoms with E-state index < -0.39 is 0 Å². The summed E-state index contributed by atoms with van der Waals surface area (Å²) in [5.74, 6) is -0.113. The SMILES string of the molecule is CN(CC(=O)N1CCNCC1)C(=O)Cc1ccccc1Cl. The van der Waals surface area contributed by atoms with Crippen molar-refractivity contribution in [1.82, 2.24) is 15.1 Å². The maximum Gasteiger partial charge on any atom is 0.242 e. The number of amides is 2. The van der Waals surface area contributed by atoms with Crippen LogP contribution in [-0.4, -0.2) is 61.4 Å². The third kappa shape index (κ3) is 4.44. The Morgan fingerprint density at radius 2 is 1.95 bits per heavy atom. The lowest BCUT2D eigenvalue weighted by Gasteiger charge is -2.29. The van der Waals surface area contributed by atoms with E-state index in [0.717, 1.165) is 18.7 Å². The van der Waals surface area contributed by atoms with Gasteiger partial charge in [0, 0.05) is 38.2 Å². The lowest BCUT2D eigenvalue weighted by molar-refractivity contribution is -0.139. The summed E-state index contributed by atoms with van der Waals surface area (Å²) in [4.78, 5) is 27.5. The van der Waals surface area contributed by atoms with E-state index >= 15 is 0 Å². The summed E-state index contributed by atoms with van der Waals surface area (Å²) in [6.07, 6.45) is 0.213. The molecule has 0 saturated carbocycles. The average molecular weight is 310 g/mol. The van der Waals surface area contributed by atoms with Crippen LogP contribution < -0.4 is 5.32 Å². The van der Waals surface area contributed by atoms with Gasteiger partial charge >= 0.3 is 0 Å². The Morgan fingerprint density at radius 1 is 1.29 bits per heavy atom. The van der Waals surface area contributed by atoms with Crippen molar-refractivity contribution in [3.8, 4) is 0 Å². The number of benzene rings is 1. The Kier molecular flexibility index (Phi) is 5.59. The minimum Gasteiger partial charge on any atom is -0.339 e. The molecule has 1 aromatic rings. The van der Waals surface area contributed by atoms with Gasteiger partial charge in [-0.05, 0) is 11.6 Å². The van der Waals surface area contributed by atoms with Crippen LogP contribution in [0.1, 0.15) is 5.56 Å². The highest BCUT2D eigenvalue weighted by molar-refractivity contribution is 6.31. The maximum absolute atomic E-state index is 12.2. The number of rotatable bonds is 4. The second kappa shape index (κ2) is 7.43. The van der Waals surface area contributed by atoms with Crippen LogP contribution in [0, 0.1) is 0 Å². The Balaban J connectivity index is 1.87. The van der Waals surface area contributed by atoms with Gasteiger partial charge in [-0.25, -0.2) is 0 Å². The van der Waals surface area contributed by atoms with E-state index in [4.69, 9.17) is 11.6 Å². The summed E-state index contributed by atoms with van der Waals surface area (Å²) in [6.45, 7) is 3.13. The minimum absolute atomic E-state index is 0.00786. The molecule has 2 amide bonds. The topological polar surface area (TPSA) is 52.7 Å². The van der Waals surface area contributed by atoms with Crippen molar-refractivity contribution in [1.29, 1.82) is 0 Å². The molecule has 0 radical (unpaired) electrons. The molecule has 1 fully saturated rings. The van der Waals surface area contributed by atoms with Gasteiger partial charge in [-0.2, -0.15) is 0 Å². The smallest absolute Gasteiger partial charge is 0.242 e. The number of nitrogens with one attached hydrogen (secondary N) is 1. The summed E-state index contributed by atoms with van der Waals surface area (Å²) in [5, 5.41) is 3.77. The molecule has 1 aliphatic rings. The van der Waals surface area contributed by atoms with E-state index in [9.17, 15) is 9.59 Å². The van der Waals surface area contributed by atoms with Crippen LogP contribution >= 0.6 is 11.6 Å². The second-order valence-electron chi connectivity index (χ2n) is 5.15. The van der Waals surface area contributed by atoms with Crippen molar-refractivity contribution in [2.24, 2.45) is 0 Å². The maximum atomic E-state index is 12.2. The highest BCUT2D eigenvalue weighted by Crippen LogP contribution is 2.16. The van der Waals surface area contributed by atoms with Crippen LogP contribution in [0.2, 0.25) is 5.02 Å². The highest BCUT2D eigenvalue weighted by Gasteiger charge is 2.20. The van der Waals surface area contributed by atoms with Crippen molar-refractivity contribution in [3.05, 3.63) is 34.9 Å². The number of hydrogen-bond donors (Lipinski definition) is 1. The van der Waals surface area contributed by atoms with Gasteiger partial charge in [0.25, 0.3) is 0 Å². The van der Waals surface area contributed by atoms with E-state index in [2.05, 4.69) is 5.32 Å². The van der Waals surface area contributed by atoms with Gasteiger partial charge in [-0.1, -0.05) is 29.8 Å². The van der Waals surface area contributed by atoms with E-state index in [-0.39, 0.29) is 24.8 Å². The Morgan fingerprint density at radius 3 is 2.62 bits per heavy atom. The molecule has 0 spiro atoms. The molecule has 0 bridgehead atoms. The number of piperazine rings is 1. The van der Waals surface area contributed by atoms with Crippen molar-refractivity contribution < 1.29 is 9.59 Å². The summed E-state index contributed by atoms with van der Waals surface area (Å²) < 4.78 is 0. The summed E-state index contributed by atoms with van der Waals surface area (Å²) in [6, 6.07) is 7.26. The standard InChI is InChI=1S/C15H20ClN3O2/c1-18(11-15(21)19-8-6-17-7-9-19)14(20)10-12-4-2-3-5-13(12)16/h2-5,17H,6-11H2,1H3. The molecule has 0 unspecified atom stereocenters. The molecular weight excluding hydrogens is 290 g/mol. The van der Waals surface area contributed by atoms with Crippen molar-refractivity contribution in [3.63, 3.8) is 0 Å². The van der Waals surface area contributed by atoms with Gasteiger partial charge in [-0.15, -0.1) is 0 Å². The van der Waals surface area contributed by atoms with Gasteiger partial charge < -0.3 is 15.1 Å². The molecule has 21 heavy (non-hydrogen) atoms. The fourth-order valence-electron chi connectivity index (χ4n) is 2.24. The first kappa shape index (κ1) is 15.8. The molecular formula is C15H20ClN3O2. The summed E-state index contributed by atoms with van der Waals surface area (Å²) in [7, 11) is 1.65. The monoisotopic (exact) mass is 309 g/mol. The second-order valence-corrected chi connectivity index (χ2v) is 5.56. The van der Waals surface area contributed by atoms with E-state index in [0.29, 0.717) is 18.1 Å². The zero-order valence-electron chi connectivity index (χ0n) is 12.1. The molecule has 5 nitrogen and oxygen atoms in total. The Hall–Kier alpha value is -1.59. The lowest BCUT2D eigenvalue weighted by Crippen LogP contribution is -2.49. The number of likely N-dealkylation sites (N-methyl/N-ethyl adjacent to an activating group) is 1. The first-order valence-electron chi connectivity index (χ1n) is 7.04. The molecule has 1 aliphatic heterocycles. The predicted octanol–water partition coefficient (Wildman–Crippen LogP) is 0.773. The molecule has 0 aliphatic carbocycles. The molecule has 1 aromatic carbocycles. The first-order valence-corrected chi connectivity index (χ1v) is 7.41. The van der Waals surface area contributed by atoms with Gasteiger partial charge in [-0.3, -0.25) is 9.59 Å². The number of halogens is 1. The van der Waals surface area contributed by atoms with Crippen LogP contribution in [0.4, 0.5) is 0 Å². The highest BCUT2D eigenvalue weighted by atomic mass is 35.5. The molecule has 6 heteroatoms. The fourth-order valence-corrected chi connectivity index (χ4v) is 2.45. The Bertz CT molecular complexity index is 515. The average Bonchev–Trinajstić information content (AvgIpc) is 2.50. The van der Waals surface area contributed by atoms with Crippen molar-refractivity contribution in [2.45, 2.75) is 6.42 Å².